The number of rotatable bonds is 5. The van der Waals surface area contributed by atoms with Crippen LogP contribution in [0.4, 0.5) is 5.69 Å². The van der Waals surface area contributed by atoms with Gasteiger partial charge in [0.25, 0.3) is 0 Å². The summed E-state index contributed by atoms with van der Waals surface area (Å²) in [7, 11) is 0. The molecule has 20 heavy (non-hydrogen) atoms. The fourth-order valence-corrected chi connectivity index (χ4v) is 2.67. The van der Waals surface area contributed by atoms with Crippen molar-refractivity contribution in [3.05, 3.63) is 28.2 Å². The average Bonchev–Trinajstić information content (AvgIpc) is 2.85. The molecule has 1 fully saturated rings. The molecule has 1 saturated heterocycles. The Balaban J connectivity index is 1.90. The third-order valence-electron chi connectivity index (χ3n) is 3.15. The highest BCUT2D eigenvalue weighted by atomic mass is 79.9. The zero-order valence-electron chi connectivity index (χ0n) is 10.6. The number of primary amides is 1. The Morgan fingerprint density at radius 2 is 2.20 bits per heavy atom. The second kappa shape index (κ2) is 6.23. The molecule has 0 bridgehead atoms. The zero-order valence-corrected chi connectivity index (χ0v) is 12.2. The molecule has 1 amide bonds. The molecule has 2 unspecified atom stereocenters. The number of carboxylic acids is 1. The van der Waals surface area contributed by atoms with Gasteiger partial charge in [0.15, 0.2) is 6.10 Å². The van der Waals surface area contributed by atoms with Gasteiger partial charge in [-0.2, -0.15) is 0 Å². The maximum atomic E-state index is 11.1. The minimum atomic E-state index is -0.916. The van der Waals surface area contributed by atoms with Crippen molar-refractivity contribution in [2.45, 2.75) is 25.0 Å². The van der Waals surface area contributed by atoms with Gasteiger partial charge < -0.3 is 20.9 Å². The van der Waals surface area contributed by atoms with Crippen LogP contribution >= 0.6 is 15.9 Å². The third-order valence-corrected chi connectivity index (χ3v) is 3.81. The molecule has 1 aliphatic rings. The smallest absolute Gasteiger partial charge is 0.332 e. The number of amides is 1. The van der Waals surface area contributed by atoms with Crippen molar-refractivity contribution in [2.24, 2.45) is 5.73 Å². The van der Waals surface area contributed by atoms with E-state index in [9.17, 15) is 9.59 Å². The van der Waals surface area contributed by atoms with Crippen molar-refractivity contribution in [1.29, 1.82) is 0 Å². The Bertz CT molecular complexity index is 535. The second-order valence-corrected chi connectivity index (χ2v) is 5.46. The van der Waals surface area contributed by atoms with E-state index in [-0.39, 0.29) is 6.10 Å². The quantitative estimate of drug-likeness (QED) is 0.754. The standard InChI is InChI=1S/C13H15BrN2O4/c14-10-5-7(1-3-9(10)12(15)17)16-6-8-2-4-11(20-8)13(18)19/h1,3,5,8,11,16H,2,4,6H2,(H2,15,17)(H,18,19). The first-order valence-electron chi connectivity index (χ1n) is 6.19. The Kier molecular flexibility index (Phi) is 4.61. The SMILES string of the molecule is NC(=O)c1ccc(NCC2CCC(C(=O)O)O2)cc1Br. The van der Waals surface area contributed by atoms with E-state index in [2.05, 4.69) is 21.2 Å². The maximum absolute atomic E-state index is 11.1. The summed E-state index contributed by atoms with van der Waals surface area (Å²) in [5, 5.41) is 12.0. The number of carbonyl (C=O) groups is 2. The summed E-state index contributed by atoms with van der Waals surface area (Å²) in [6.45, 7) is 0.520. The summed E-state index contributed by atoms with van der Waals surface area (Å²) >= 11 is 3.28. The van der Waals surface area contributed by atoms with Crippen molar-refractivity contribution >= 4 is 33.5 Å². The molecule has 0 aromatic heterocycles. The predicted molar refractivity (Wildman–Crippen MR) is 76.7 cm³/mol. The van der Waals surface area contributed by atoms with Crippen LogP contribution < -0.4 is 11.1 Å². The van der Waals surface area contributed by atoms with E-state index in [0.717, 1.165) is 5.69 Å². The van der Waals surface area contributed by atoms with E-state index in [4.69, 9.17) is 15.6 Å². The number of hydrogen-bond donors (Lipinski definition) is 3. The van der Waals surface area contributed by atoms with Gasteiger partial charge in [0, 0.05) is 16.7 Å². The van der Waals surface area contributed by atoms with E-state index < -0.39 is 18.0 Å². The van der Waals surface area contributed by atoms with Crippen LogP contribution in [0.15, 0.2) is 22.7 Å². The van der Waals surface area contributed by atoms with E-state index in [1.54, 1.807) is 18.2 Å². The Morgan fingerprint density at radius 3 is 2.75 bits per heavy atom. The molecular formula is C13H15BrN2O4. The first-order chi connectivity index (χ1) is 9.47. The topological polar surface area (TPSA) is 102 Å². The molecule has 0 saturated carbocycles. The lowest BCUT2D eigenvalue weighted by atomic mass is 10.1. The number of carboxylic acid groups (broad SMARTS) is 1. The summed E-state index contributed by atoms with van der Waals surface area (Å²) in [6, 6.07) is 5.13. The first kappa shape index (κ1) is 14.8. The van der Waals surface area contributed by atoms with Crippen molar-refractivity contribution in [2.75, 3.05) is 11.9 Å². The van der Waals surface area contributed by atoms with Crippen LogP contribution in [0.1, 0.15) is 23.2 Å². The number of benzene rings is 1. The van der Waals surface area contributed by atoms with Gasteiger partial charge in [-0.1, -0.05) is 0 Å². The number of nitrogens with two attached hydrogens (primary N) is 1. The lowest BCUT2D eigenvalue weighted by Crippen LogP contribution is -2.24. The molecule has 2 atom stereocenters. The van der Waals surface area contributed by atoms with Gasteiger partial charge in [-0.05, 0) is 47.0 Å². The fraction of sp³-hybridized carbons (Fsp3) is 0.385. The minimum Gasteiger partial charge on any atom is -0.479 e. The van der Waals surface area contributed by atoms with Crippen molar-refractivity contribution in [3.8, 4) is 0 Å². The Hall–Kier alpha value is -1.60. The highest BCUT2D eigenvalue weighted by Crippen LogP contribution is 2.23. The van der Waals surface area contributed by atoms with Crippen LogP contribution in [0, 0.1) is 0 Å². The third kappa shape index (κ3) is 3.49. The van der Waals surface area contributed by atoms with Gasteiger partial charge in [0.05, 0.1) is 11.7 Å². The Labute approximate surface area is 124 Å². The van der Waals surface area contributed by atoms with Crippen LogP contribution in [0.5, 0.6) is 0 Å². The molecule has 6 nitrogen and oxygen atoms in total. The number of anilines is 1. The summed E-state index contributed by atoms with van der Waals surface area (Å²) in [6.07, 6.45) is 0.424. The fourth-order valence-electron chi connectivity index (χ4n) is 2.09. The van der Waals surface area contributed by atoms with Crippen LogP contribution in [0.25, 0.3) is 0 Å². The highest BCUT2D eigenvalue weighted by molar-refractivity contribution is 9.10. The number of hydrogen-bond acceptors (Lipinski definition) is 4. The van der Waals surface area contributed by atoms with Crippen LogP contribution in [0.2, 0.25) is 0 Å². The van der Waals surface area contributed by atoms with Gasteiger partial charge in [-0.25, -0.2) is 4.79 Å². The van der Waals surface area contributed by atoms with Crippen LogP contribution in [-0.4, -0.2) is 35.7 Å². The largest absolute Gasteiger partial charge is 0.479 e. The first-order valence-corrected chi connectivity index (χ1v) is 6.98. The van der Waals surface area contributed by atoms with Crippen LogP contribution in [0.3, 0.4) is 0 Å². The van der Waals surface area contributed by atoms with Crippen molar-refractivity contribution in [1.82, 2.24) is 0 Å². The predicted octanol–water partition coefficient (Wildman–Crippen LogP) is 1.59. The molecule has 1 aliphatic heterocycles. The summed E-state index contributed by atoms with van der Waals surface area (Å²) in [4.78, 5) is 21.9. The summed E-state index contributed by atoms with van der Waals surface area (Å²) in [5.74, 6) is -1.41. The molecule has 108 valence electrons. The van der Waals surface area contributed by atoms with Gasteiger partial charge >= 0.3 is 5.97 Å². The van der Waals surface area contributed by atoms with Crippen molar-refractivity contribution < 1.29 is 19.4 Å². The molecular weight excluding hydrogens is 328 g/mol. The van der Waals surface area contributed by atoms with Crippen LogP contribution in [-0.2, 0) is 9.53 Å². The normalized spacial score (nSPS) is 21.6. The molecule has 1 heterocycles. The number of nitrogens with one attached hydrogen (secondary N) is 1. The van der Waals surface area contributed by atoms with E-state index in [1.807, 2.05) is 0 Å². The van der Waals surface area contributed by atoms with E-state index >= 15 is 0 Å². The lowest BCUT2D eigenvalue weighted by Gasteiger charge is -2.14. The highest BCUT2D eigenvalue weighted by Gasteiger charge is 2.30. The van der Waals surface area contributed by atoms with E-state index in [0.29, 0.717) is 29.4 Å². The molecule has 1 aromatic rings. The summed E-state index contributed by atoms with van der Waals surface area (Å²) in [5.41, 5.74) is 6.44. The minimum absolute atomic E-state index is 0.120. The van der Waals surface area contributed by atoms with Gasteiger partial charge in [-0.15, -0.1) is 0 Å². The number of carbonyl (C=O) groups excluding carboxylic acids is 1. The van der Waals surface area contributed by atoms with E-state index in [1.165, 1.54) is 0 Å². The lowest BCUT2D eigenvalue weighted by molar-refractivity contribution is -0.149. The zero-order chi connectivity index (χ0) is 14.7. The maximum Gasteiger partial charge on any atom is 0.332 e. The van der Waals surface area contributed by atoms with Crippen molar-refractivity contribution in [3.63, 3.8) is 0 Å². The summed E-state index contributed by atoms with van der Waals surface area (Å²) < 4.78 is 6.01. The second-order valence-electron chi connectivity index (χ2n) is 4.60. The van der Waals surface area contributed by atoms with Gasteiger partial charge in [0.1, 0.15) is 0 Å². The number of halogens is 1. The van der Waals surface area contributed by atoms with Gasteiger partial charge in [-0.3, -0.25) is 4.79 Å². The number of aliphatic carboxylic acids is 1. The molecule has 4 N–H and O–H groups in total. The molecule has 0 aliphatic carbocycles. The Morgan fingerprint density at radius 1 is 1.45 bits per heavy atom. The molecule has 0 radical (unpaired) electrons. The molecule has 1 aromatic carbocycles. The average molecular weight is 343 g/mol. The monoisotopic (exact) mass is 342 g/mol. The molecule has 0 spiro atoms. The molecule has 2 rings (SSSR count). The molecule has 7 heteroatoms. The van der Waals surface area contributed by atoms with Gasteiger partial charge in [0.2, 0.25) is 5.91 Å². The number of ether oxygens (including phenoxy) is 1.